The summed E-state index contributed by atoms with van der Waals surface area (Å²) in [6.45, 7) is 8.88. The number of nitrogens with zero attached hydrogens (tertiary/aromatic N) is 4. The van der Waals surface area contributed by atoms with Crippen LogP contribution in [0.4, 0.5) is 17.5 Å². The van der Waals surface area contributed by atoms with Crippen molar-refractivity contribution in [1.82, 2.24) is 25.2 Å². The number of hydrogen-bond acceptors (Lipinski definition) is 8. The van der Waals surface area contributed by atoms with E-state index in [4.69, 9.17) is 9.72 Å². The standard InChI is InChI=1S/C26H31N7O2/c1-15-19(24(34)30-17-12-33(4)13-17)9-18(35-5)10-22(15)32-25-27-7-6-21(31-25)16-8-20-23(28-11-16)29-14-26(20,2)3/h6-11,17H,12-14H2,1-5H3,(H,28,29)(H,30,34)(H,27,31,32). The molecule has 5 rings (SSSR count). The molecular weight excluding hydrogens is 442 g/mol. The van der Waals surface area contributed by atoms with Gasteiger partial charge in [-0.2, -0.15) is 0 Å². The Hall–Kier alpha value is -3.72. The average molecular weight is 474 g/mol. The minimum atomic E-state index is -0.113. The number of rotatable bonds is 6. The van der Waals surface area contributed by atoms with Crippen LogP contribution in [0.1, 0.15) is 35.3 Å². The van der Waals surface area contributed by atoms with Gasteiger partial charge in [0.25, 0.3) is 5.91 Å². The minimum Gasteiger partial charge on any atom is -0.497 e. The molecule has 2 aliphatic rings. The molecule has 182 valence electrons. The van der Waals surface area contributed by atoms with E-state index in [1.807, 2.05) is 32.3 Å². The first kappa shape index (κ1) is 23.0. The Kier molecular flexibility index (Phi) is 5.80. The van der Waals surface area contributed by atoms with Crippen molar-refractivity contribution in [3.8, 4) is 17.0 Å². The molecular formula is C26H31N7O2. The lowest BCUT2D eigenvalue weighted by Crippen LogP contribution is -2.57. The van der Waals surface area contributed by atoms with Crippen LogP contribution >= 0.6 is 0 Å². The van der Waals surface area contributed by atoms with Gasteiger partial charge in [-0.25, -0.2) is 15.0 Å². The van der Waals surface area contributed by atoms with Crippen LogP contribution in [0.2, 0.25) is 0 Å². The highest BCUT2D eigenvalue weighted by Gasteiger charge is 2.31. The van der Waals surface area contributed by atoms with Crippen molar-refractivity contribution in [2.24, 2.45) is 0 Å². The van der Waals surface area contributed by atoms with E-state index in [0.717, 1.165) is 48.0 Å². The van der Waals surface area contributed by atoms with Gasteiger partial charge in [-0.15, -0.1) is 0 Å². The molecule has 2 aromatic heterocycles. The largest absolute Gasteiger partial charge is 0.497 e. The highest BCUT2D eigenvalue weighted by atomic mass is 16.5. The number of pyridine rings is 1. The van der Waals surface area contributed by atoms with Gasteiger partial charge in [-0.05, 0) is 37.7 Å². The molecule has 3 N–H and O–H groups in total. The smallest absolute Gasteiger partial charge is 0.252 e. The maximum absolute atomic E-state index is 13.0. The van der Waals surface area contributed by atoms with E-state index in [-0.39, 0.29) is 17.4 Å². The summed E-state index contributed by atoms with van der Waals surface area (Å²) in [5.74, 6) is 1.83. The summed E-state index contributed by atoms with van der Waals surface area (Å²) in [4.78, 5) is 28.9. The molecule has 35 heavy (non-hydrogen) atoms. The Morgan fingerprint density at radius 1 is 1.23 bits per heavy atom. The van der Waals surface area contributed by atoms with E-state index in [0.29, 0.717) is 17.3 Å². The molecule has 1 aromatic carbocycles. The average Bonchev–Trinajstić information content (AvgIpc) is 3.13. The van der Waals surface area contributed by atoms with Crippen LogP contribution in [0.25, 0.3) is 11.3 Å². The molecule has 0 spiro atoms. The summed E-state index contributed by atoms with van der Waals surface area (Å²) < 4.78 is 5.47. The molecule has 0 radical (unpaired) electrons. The van der Waals surface area contributed by atoms with Crippen molar-refractivity contribution in [1.29, 1.82) is 0 Å². The number of aromatic nitrogens is 3. The molecule has 0 aliphatic carbocycles. The maximum Gasteiger partial charge on any atom is 0.252 e. The summed E-state index contributed by atoms with van der Waals surface area (Å²) in [5.41, 5.74) is 4.98. The monoisotopic (exact) mass is 473 g/mol. The van der Waals surface area contributed by atoms with Crippen LogP contribution in [-0.4, -0.2) is 65.6 Å². The SMILES string of the molecule is COc1cc(Nc2nccc(-c3cnc4c(c3)C(C)(C)CN4)n2)c(C)c(C(=O)NC2CN(C)C2)c1. The summed E-state index contributed by atoms with van der Waals surface area (Å²) in [7, 11) is 3.62. The van der Waals surface area contributed by atoms with Gasteiger partial charge >= 0.3 is 0 Å². The zero-order valence-electron chi connectivity index (χ0n) is 20.8. The Morgan fingerprint density at radius 2 is 2.03 bits per heavy atom. The summed E-state index contributed by atoms with van der Waals surface area (Å²) in [6, 6.07) is 7.80. The lowest BCUT2D eigenvalue weighted by molar-refractivity contribution is 0.0857. The molecule has 9 nitrogen and oxygen atoms in total. The molecule has 0 atom stereocenters. The van der Waals surface area contributed by atoms with Crippen molar-refractivity contribution in [3.63, 3.8) is 0 Å². The number of ether oxygens (including phenoxy) is 1. The molecule has 0 saturated carbocycles. The Morgan fingerprint density at radius 3 is 2.77 bits per heavy atom. The van der Waals surface area contributed by atoms with Crippen LogP contribution in [-0.2, 0) is 5.41 Å². The first-order valence-corrected chi connectivity index (χ1v) is 11.8. The Bertz CT molecular complexity index is 1280. The number of anilines is 3. The van der Waals surface area contributed by atoms with Gasteiger partial charge in [0, 0.05) is 65.9 Å². The second kappa shape index (κ2) is 8.81. The van der Waals surface area contributed by atoms with Gasteiger partial charge < -0.3 is 25.6 Å². The molecule has 4 heterocycles. The third-order valence-corrected chi connectivity index (χ3v) is 6.77. The number of nitrogens with one attached hydrogen (secondary N) is 3. The van der Waals surface area contributed by atoms with E-state index in [2.05, 4.69) is 50.7 Å². The molecule has 2 aliphatic heterocycles. The van der Waals surface area contributed by atoms with Gasteiger partial charge in [-0.3, -0.25) is 4.79 Å². The number of hydrogen-bond donors (Lipinski definition) is 3. The van der Waals surface area contributed by atoms with Gasteiger partial charge in [0.1, 0.15) is 11.6 Å². The van der Waals surface area contributed by atoms with E-state index in [9.17, 15) is 4.79 Å². The number of likely N-dealkylation sites (N-methyl/N-ethyl adjacent to an activating group) is 1. The van der Waals surface area contributed by atoms with E-state index in [1.54, 1.807) is 19.4 Å². The minimum absolute atomic E-state index is 0.00995. The van der Waals surface area contributed by atoms with E-state index in [1.165, 1.54) is 5.56 Å². The second-order valence-electron chi connectivity index (χ2n) is 9.99. The van der Waals surface area contributed by atoms with Crippen molar-refractivity contribution in [3.05, 3.63) is 53.3 Å². The molecule has 0 unspecified atom stereocenters. The molecule has 1 amide bonds. The highest BCUT2D eigenvalue weighted by Crippen LogP contribution is 2.37. The highest BCUT2D eigenvalue weighted by molar-refractivity contribution is 5.98. The normalized spacial score (nSPS) is 16.7. The molecule has 0 bridgehead atoms. The number of benzene rings is 1. The summed E-state index contributed by atoms with van der Waals surface area (Å²) in [6.07, 6.45) is 3.55. The fourth-order valence-corrected chi connectivity index (χ4v) is 4.59. The fourth-order valence-electron chi connectivity index (χ4n) is 4.59. The quantitative estimate of drug-likeness (QED) is 0.501. The second-order valence-corrected chi connectivity index (χ2v) is 9.99. The van der Waals surface area contributed by atoms with Gasteiger partial charge in [0.15, 0.2) is 0 Å². The number of carbonyl (C=O) groups is 1. The number of carbonyl (C=O) groups excluding carboxylic acids is 1. The van der Waals surface area contributed by atoms with Crippen LogP contribution in [0.5, 0.6) is 5.75 Å². The zero-order chi connectivity index (χ0) is 24.7. The van der Waals surface area contributed by atoms with Crippen LogP contribution in [0.3, 0.4) is 0 Å². The number of likely N-dealkylation sites (tertiary alicyclic amines) is 1. The van der Waals surface area contributed by atoms with Crippen molar-refractivity contribution in [2.75, 3.05) is 44.4 Å². The lowest BCUT2D eigenvalue weighted by atomic mass is 9.87. The van der Waals surface area contributed by atoms with E-state index >= 15 is 0 Å². The number of methoxy groups -OCH3 is 1. The van der Waals surface area contributed by atoms with Crippen LogP contribution < -0.4 is 20.7 Å². The Balaban J connectivity index is 1.42. The third-order valence-electron chi connectivity index (χ3n) is 6.77. The van der Waals surface area contributed by atoms with Gasteiger partial charge in [0.2, 0.25) is 5.95 Å². The zero-order valence-corrected chi connectivity index (χ0v) is 20.8. The fraction of sp³-hybridized carbons (Fsp3) is 0.385. The molecule has 1 saturated heterocycles. The predicted octanol–water partition coefficient (Wildman–Crippen LogP) is 3.35. The number of amides is 1. The third kappa shape index (κ3) is 4.51. The first-order chi connectivity index (χ1) is 16.7. The van der Waals surface area contributed by atoms with Crippen molar-refractivity contribution in [2.45, 2.75) is 32.2 Å². The first-order valence-electron chi connectivity index (χ1n) is 11.8. The molecule has 3 aromatic rings. The topological polar surface area (TPSA) is 104 Å². The molecule has 1 fully saturated rings. The van der Waals surface area contributed by atoms with Crippen molar-refractivity contribution < 1.29 is 9.53 Å². The van der Waals surface area contributed by atoms with Crippen molar-refractivity contribution >= 4 is 23.4 Å². The van der Waals surface area contributed by atoms with Crippen LogP contribution in [0.15, 0.2) is 36.7 Å². The lowest BCUT2D eigenvalue weighted by Gasteiger charge is -2.36. The number of fused-ring (bicyclic) bond motifs is 1. The molecule has 9 heteroatoms. The predicted molar refractivity (Wildman–Crippen MR) is 137 cm³/mol. The van der Waals surface area contributed by atoms with Gasteiger partial charge in [-0.1, -0.05) is 13.8 Å². The Labute approximate surface area is 205 Å². The van der Waals surface area contributed by atoms with Crippen LogP contribution in [0, 0.1) is 6.92 Å². The summed E-state index contributed by atoms with van der Waals surface area (Å²) in [5, 5.41) is 9.75. The van der Waals surface area contributed by atoms with E-state index < -0.39 is 0 Å². The summed E-state index contributed by atoms with van der Waals surface area (Å²) >= 11 is 0. The maximum atomic E-state index is 13.0. The van der Waals surface area contributed by atoms with Gasteiger partial charge in [0.05, 0.1) is 18.8 Å².